The maximum absolute atomic E-state index is 10.1. The number of phenols is 1. The van der Waals surface area contributed by atoms with Crippen LogP contribution in [0.25, 0.3) is 0 Å². The molecular weight excluding hydrogens is 288 g/mol. The summed E-state index contributed by atoms with van der Waals surface area (Å²) in [4.78, 5) is 0. The normalized spacial score (nSPS) is 35.1. The van der Waals surface area contributed by atoms with Gasteiger partial charge < -0.3 is 14.6 Å². The Hall–Kier alpha value is -1.48. The highest BCUT2D eigenvalue weighted by Crippen LogP contribution is 2.59. The van der Waals surface area contributed by atoms with Crippen LogP contribution in [0.2, 0.25) is 0 Å². The van der Waals surface area contributed by atoms with Gasteiger partial charge >= 0.3 is 0 Å². The van der Waals surface area contributed by atoms with Crippen molar-refractivity contribution in [3.63, 3.8) is 0 Å². The van der Waals surface area contributed by atoms with Crippen LogP contribution >= 0.6 is 0 Å². The van der Waals surface area contributed by atoms with Gasteiger partial charge in [0.15, 0.2) is 11.5 Å². The summed E-state index contributed by atoms with van der Waals surface area (Å²) in [5.41, 5.74) is 4.53. The third-order valence-corrected chi connectivity index (χ3v) is 6.63. The minimum Gasteiger partial charge on any atom is -0.504 e. The summed E-state index contributed by atoms with van der Waals surface area (Å²) in [6.07, 6.45) is 8.44. The molecule has 1 N–H and O–H groups in total. The predicted octanol–water partition coefficient (Wildman–Crippen LogP) is 4.19. The predicted molar refractivity (Wildman–Crippen MR) is 90.0 cm³/mol. The fourth-order valence-corrected chi connectivity index (χ4v) is 5.42. The first-order valence-corrected chi connectivity index (χ1v) is 8.71. The molecule has 1 saturated carbocycles. The topological polar surface area (TPSA) is 38.7 Å². The third kappa shape index (κ3) is 2.06. The fourth-order valence-electron chi connectivity index (χ4n) is 5.42. The van der Waals surface area contributed by atoms with Gasteiger partial charge in [-0.05, 0) is 67.2 Å². The van der Waals surface area contributed by atoms with E-state index in [0.29, 0.717) is 23.7 Å². The summed E-state index contributed by atoms with van der Waals surface area (Å²) >= 11 is 0. The van der Waals surface area contributed by atoms with Gasteiger partial charge in [0.25, 0.3) is 0 Å². The van der Waals surface area contributed by atoms with Gasteiger partial charge in [0.05, 0.1) is 13.2 Å². The minimum absolute atomic E-state index is 0.217. The maximum atomic E-state index is 10.1. The molecule has 0 amide bonds. The van der Waals surface area contributed by atoms with E-state index in [1.165, 1.54) is 30.4 Å². The Morgan fingerprint density at radius 3 is 2.74 bits per heavy atom. The van der Waals surface area contributed by atoms with Gasteiger partial charge in [0.2, 0.25) is 0 Å². The molecule has 1 fully saturated rings. The van der Waals surface area contributed by atoms with Crippen LogP contribution in [0.4, 0.5) is 0 Å². The largest absolute Gasteiger partial charge is 0.504 e. The van der Waals surface area contributed by atoms with E-state index in [9.17, 15) is 5.11 Å². The molecule has 3 nitrogen and oxygen atoms in total. The van der Waals surface area contributed by atoms with Gasteiger partial charge in [-0.3, -0.25) is 0 Å². The SMILES string of the molecule is COc1cc2c(cc1O)CC[C@H]1C3=CC[C@H](OC)[C@@]3(C)CC[C@H]21. The summed E-state index contributed by atoms with van der Waals surface area (Å²) < 4.78 is 11.1. The van der Waals surface area contributed by atoms with E-state index in [4.69, 9.17) is 9.47 Å². The Kier molecular flexibility index (Phi) is 3.45. The standard InChI is InChI=1S/C20H26O3/c1-20-9-8-13-14(16(20)6-7-19(20)23-3)5-4-12-10-17(21)18(22-2)11-15(12)13/h6,10-11,13-14,19,21H,4-5,7-9H2,1-3H3/t13-,14+,19-,20-/m0/s1. The van der Waals surface area contributed by atoms with Crippen molar-refractivity contribution in [3.8, 4) is 11.5 Å². The maximum Gasteiger partial charge on any atom is 0.160 e. The molecule has 23 heavy (non-hydrogen) atoms. The van der Waals surface area contributed by atoms with Crippen molar-refractivity contribution in [3.05, 3.63) is 34.9 Å². The van der Waals surface area contributed by atoms with Crippen LogP contribution < -0.4 is 4.74 Å². The van der Waals surface area contributed by atoms with Gasteiger partial charge in [0.1, 0.15) is 0 Å². The van der Waals surface area contributed by atoms with Crippen LogP contribution in [0.1, 0.15) is 49.7 Å². The molecule has 3 heteroatoms. The van der Waals surface area contributed by atoms with Gasteiger partial charge in [0, 0.05) is 12.5 Å². The Labute approximate surface area is 138 Å². The third-order valence-electron chi connectivity index (χ3n) is 6.63. The lowest BCUT2D eigenvalue weighted by Gasteiger charge is -2.48. The highest BCUT2D eigenvalue weighted by atomic mass is 16.5. The number of aromatic hydroxyl groups is 1. The number of hydrogen-bond acceptors (Lipinski definition) is 3. The summed E-state index contributed by atoms with van der Waals surface area (Å²) in [5.74, 6) is 2.05. The van der Waals surface area contributed by atoms with Crippen molar-refractivity contribution < 1.29 is 14.6 Å². The second-order valence-corrected chi connectivity index (χ2v) is 7.55. The van der Waals surface area contributed by atoms with Crippen LogP contribution in [0.5, 0.6) is 11.5 Å². The highest BCUT2D eigenvalue weighted by Gasteiger charge is 2.50. The summed E-state index contributed by atoms with van der Waals surface area (Å²) in [5, 5.41) is 10.1. The first-order chi connectivity index (χ1) is 11.1. The number of rotatable bonds is 2. The zero-order valence-electron chi connectivity index (χ0n) is 14.3. The quantitative estimate of drug-likeness (QED) is 0.832. The molecule has 0 unspecified atom stereocenters. The van der Waals surface area contributed by atoms with E-state index in [1.807, 2.05) is 13.2 Å². The van der Waals surface area contributed by atoms with Crippen LogP contribution in [-0.4, -0.2) is 25.4 Å². The first kappa shape index (κ1) is 15.1. The molecule has 3 aliphatic rings. The molecular formula is C20H26O3. The van der Waals surface area contributed by atoms with Crippen LogP contribution in [0.15, 0.2) is 23.8 Å². The van der Waals surface area contributed by atoms with E-state index < -0.39 is 0 Å². The van der Waals surface area contributed by atoms with E-state index in [2.05, 4.69) is 19.1 Å². The second kappa shape index (κ2) is 5.27. The number of hydrogen-bond donors (Lipinski definition) is 1. The zero-order chi connectivity index (χ0) is 16.2. The minimum atomic E-state index is 0.217. The molecule has 0 aliphatic heterocycles. The van der Waals surface area contributed by atoms with Gasteiger partial charge in [-0.2, -0.15) is 0 Å². The van der Waals surface area contributed by atoms with Gasteiger partial charge in [-0.25, -0.2) is 0 Å². The lowest BCUT2D eigenvalue weighted by Crippen LogP contribution is -2.40. The summed E-state index contributed by atoms with van der Waals surface area (Å²) in [7, 11) is 3.48. The van der Waals surface area contributed by atoms with Gasteiger partial charge in [-0.1, -0.05) is 18.6 Å². The molecule has 0 bridgehead atoms. The van der Waals surface area contributed by atoms with E-state index in [0.717, 1.165) is 12.8 Å². The summed E-state index contributed by atoms with van der Waals surface area (Å²) in [6.45, 7) is 2.39. The molecule has 4 rings (SSSR count). The Balaban J connectivity index is 1.73. The molecule has 0 radical (unpaired) electrons. The highest BCUT2D eigenvalue weighted by molar-refractivity contribution is 5.50. The lowest BCUT2D eigenvalue weighted by atomic mass is 9.58. The van der Waals surface area contributed by atoms with Crippen molar-refractivity contribution in [2.75, 3.05) is 14.2 Å². The van der Waals surface area contributed by atoms with E-state index in [-0.39, 0.29) is 11.2 Å². The fraction of sp³-hybridized carbons (Fsp3) is 0.600. The van der Waals surface area contributed by atoms with Crippen LogP contribution in [-0.2, 0) is 11.2 Å². The monoisotopic (exact) mass is 314 g/mol. The number of aryl methyl sites for hydroxylation is 1. The smallest absolute Gasteiger partial charge is 0.160 e. The lowest BCUT2D eigenvalue weighted by molar-refractivity contribution is 0.00836. The number of phenolic OH excluding ortho intramolecular Hbond substituents is 1. The van der Waals surface area contributed by atoms with Crippen molar-refractivity contribution >= 4 is 0 Å². The van der Waals surface area contributed by atoms with E-state index in [1.54, 1.807) is 12.7 Å². The molecule has 0 heterocycles. The average Bonchev–Trinajstić information content (AvgIpc) is 2.90. The van der Waals surface area contributed by atoms with E-state index >= 15 is 0 Å². The number of benzene rings is 1. The Morgan fingerprint density at radius 1 is 1.17 bits per heavy atom. The summed E-state index contributed by atoms with van der Waals surface area (Å²) in [6, 6.07) is 3.99. The molecule has 1 aromatic carbocycles. The molecule has 0 spiro atoms. The number of fused-ring (bicyclic) bond motifs is 5. The molecule has 0 saturated heterocycles. The Morgan fingerprint density at radius 2 is 2.00 bits per heavy atom. The van der Waals surface area contributed by atoms with Crippen LogP contribution in [0, 0.1) is 11.3 Å². The zero-order valence-corrected chi connectivity index (χ0v) is 14.3. The van der Waals surface area contributed by atoms with Crippen molar-refractivity contribution in [2.24, 2.45) is 11.3 Å². The molecule has 124 valence electrons. The van der Waals surface area contributed by atoms with Crippen molar-refractivity contribution in [1.29, 1.82) is 0 Å². The average molecular weight is 314 g/mol. The number of ether oxygens (including phenoxy) is 2. The molecule has 3 aliphatic carbocycles. The molecule has 0 aromatic heterocycles. The van der Waals surface area contributed by atoms with Crippen LogP contribution in [0.3, 0.4) is 0 Å². The first-order valence-electron chi connectivity index (χ1n) is 8.71. The number of methoxy groups -OCH3 is 2. The van der Waals surface area contributed by atoms with Crippen molar-refractivity contribution in [1.82, 2.24) is 0 Å². The molecule has 1 aromatic rings. The van der Waals surface area contributed by atoms with Gasteiger partial charge in [-0.15, -0.1) is 0 Å². The molecule has 4 atom stereocenters. The van der Waals surface area contributed by atoms with Crippen molar-refractivity contribution in [2.45, 2.75) is 51.0 Å². The Bertz CT molecular complexity index is 663. The second-order valence-electron chi connectivity index (χ2n) is 7.55.